The van der Waals surface area contributed by atoms with Gasteiger partial charge in [-0.1, -0.05) is 12.6 Å². The third kappa shape index (κ3) is 5.70. The van der Waals surface area contributed by atoms with Crippen molar-refractivity contribution in [3.8, 4) is 0 Å². The molecule has 1 atom stereocenters. The summed E-state index contributed by atoms with van der Waals surface area (Å²) in [6.45, 7) is 4.43. The van der Waals surface area contributed by atoms with Crippen molar-refractivity contribution in [1.29, 1.82) is 0 Å². The van der Waals surface area contributed by atoms with E-state index >= 15 is 0 Å². The zero-order valence-corrected chi connectivity index (χ0v) is 13.1. The van der Waals surface area contributed by atoms with Crippen LogP contribution in [0, 0.1) is 3.57 Å². The van der Waals surface area contributed by atoms with Crippen LogP contribution in [0.15, 0.2) is 36.4 Å². The summed E-state index contributed by atoms with van der Waals surface area (Å²) in [6.07, 6.45) is -1.06. The molecule has 1 aromatic carbocycles. The summed E-state index contributed by atoms with van der Waals surface area (Å²) >= 11 is 2.08. The Kier molecular flexibility index (Phi) is 6.66. The van der Waals surface area contributed by atoms with Gasteiger partial charge in [-0.2, -0.15) is 0 Å². The molecule has 1 rings (SSSR count). The highest BCUT2D eigenvalue weighted by atomic mass is 127. The van der Waals surface area contributed by atoms with Crippen molar-refractivity contribution in [3.63, 3.8) is 0 Å². The molecule has 0 aromatic heterocycles. The van der Waals surface area contributed by atoms with E-state index in [9.17, 15) is 14.7 Å². The summed E-state index contributed by atoms with van der Waals surface area (Å²) in [5, 5.41) is 9.54. The minimum atomic E-state index is -1.06. The minimum Gasteiger partial charge on any atom is -0.459 e. The number of carbonyl (C=O) groups is 2. The molecule has 108 valence electrons. The normalized spacial score (nSPS) is 11.6. The molecule has 0 heterocycles. The monoisotopic (exact) mass is 390 g/mol. The van der Waals surface area contributed by atoms with Gasteiger partial charge in [0.15, 0.2) is 0 Å². The molecule has 5 nitrogen and oxygen atoms in total. The minimum absolute atomic E-state index is 0.242. The molecular formula is C14H15IO5. The Hall–Kier alpha value is -1.41. The van der Waals surface area contributed by atoms with Crippen molar-refractivity contribution in [2.24, 2.45) is 0 Å². The Morgan fingerprint density at radius 1 is 1.35 bits per heavy atom. The van der Waals surface area contributed by atoms with E-state index in [1.807, 2.05) is 6.07 Å². The number of hydrogen-bond acceptors (Lipinski definition) is 5. The second-order valence-electron chi connectivity index (χ2n) is 4.14. The molecule has 0 aliphatic rings. The third-order valence-electron chi connectivity index (χ3n) is 2.22. The van der Waals surface area contributed by atoms with Crippen LogP contribution >= 0.6 is 22.6 Å². The van der Waals surface area contributed by atoms with E-state index in [2.05, 4.69) is 29.2 Å². The van der Waals surface area contributed by atoms with Gasteiger partial charge < -0.3 is 14.6 Å². The lowest BCUT2D eigenvalue weighted by atomic mass is 10.2. The van der Waals surface area contributed by atoms with E-state index in [1.165, 1.54) is 6.92 Å². The van der Waals surface area contributed by atoms with Crippen molar-refractivity contribution < 1.29 is 24.2 Å². The molecule has 0 bridgehead atoms. The van der Waals surface area contributed by atoms with Crippen LogP contribution in [0.3, 0.4) is 0 Å². The number of rotatable bonds is 6. The SMILES string of the molecule is C=C(C)C(=O)OCC(O)COC(=O)c1cccc(I)c1. The number of hydrogen-bond donors (Lipinski definition) is 1. The Balaban J connectivity index is 2.37. The molecule has 0 radical (unpaired) electrons. The van der Waals surface area contributed by atoms with Gasteiger partial charge in [-0.15, -0.1) is 0 Å². The molecule has 0 amide bonds. The van der Waals surface area contributed by atoms with Crippen molar-refractivity contribution in [1.82, 2.24) is 0 Å². The van der Waals surface area contributed by atoms with Crippen LogP contribution in [0.5, 0.6) is 0 Å². The van der Waals surface area contributed by atoms with Crippen molar-refractivity contribution in [2.75, 3.05) is 13.2 Å². The van der Waals surface area contributed by atoms with Crippen LogP contribution in [0.2, 0.25) is 0 Å². The van der Waals surface area contributed by atoms with Gasteiger partial charge in [0.1, 0.15) is 19.3 Å². The number of benzene rings is 1. The van der Waals surface area contributed by atoms with Gasteiger partial charge in [-0.05, 0) is 47.7 Å². The van der Waals surface area contributed by atoms with Crippen LogP contribution in [0.1, 0.15) is 17.3 Å². The molecule has 1 N–H and O–H groups in total. The highest BCUT2D eigenvalue weighted by molar-refractivity contribution is 14.1. The Bertz CT molecular complexity index is 512. The fourth-order valence-electron chi connectivity index (χ4n) is 1.21. The maximum absolute atomic E-state index is 11.7. The highest BCUT2D eigenvalue weighted by Gasteiger charge is 2.13. The topological polar surface area (TPSA) is 72.8 Å². The molecule has 20 heavy (non-hydrogen) atoms. The highest BCUT2D eigenvalue weighted by Crippen LogP contribution is 2.09. The Morgan fingerprint density at radius 2 is 2.00 bits per heavy atom. The summed E-state index contributed by atoms with van der Waals surface area (Å²) < 4.78 is 10.6. The average molecular weight is 390 g/mol. The van der Waals surface area contributed by atoms with Gasteiger partial charge in [0.2, 0.25) is 0 Å². The van der Waals surface area contributed by atoms with Gasteiger partial charge in [0.25, 0.3) is 0 Å². The number of ether oxygens (including phenoxy) is 2. The molecule has 0 saturated heterocycles. The molecule has 0 fully saturated rings. The third-order valence-corrected chi connectivity index (χ3v) is 2.89. The molecule has 0 aliphatic heterocycles. The number of aliphatic hydroxyl groups excluding tert-OH is 1. The number of halogens is 1. The predicted molar refractivity (Wildman–Crippen MR) is 81.2 cm³/mol. The number of esters is 2. The van der Waals surface area contributed by atoms with Crippen LogP contribution in [0.4, 0.5) is 0 Å². The summed E-state index contributed by atoms with van der Waals surface area (Å²) in [4.78, 5) is 22.8. The summed E-state index contributed by atoms with van der Waals surface area (Å²) in [7, 11) is 0. The van der Waals surface area contributed by atoms with Crippen molar-refractivity contribution in [3.05, 3.63) is 45.6 Å². The molecule has 1 aromatic rings. The zero-order valence-electron chi connectivity index (χ0n) is 11.0. The van der Waals surface area contributed by atoms with Crippen LogP contribution in [-0.4, -0.2) is 36.4 Å². The standard InChI is InChI=1S/C14H15IO5/c1-9(2)13(17)19-7-12(16)8-20-14(18)10-4-3-5-11(15)6-10/h3-6,12,16H,1,7-8H2,2H3. The number of aliphatic hydroxyl groups is 1. The van der Waals surface area contributed by atoms with Crippen molar-refractivity contribution in [2.45, 2.75) is 13.0 Å². The maximum atomic E-state index is 11.7. The molecule has 6 heteroatoms. The predicted octanol–water partition coefficient (Wildman–Crippen LogP) is 1.93. The first-order valence-electron chi connectivity index (χ1n) is 5.83. The van der Waals surface area contributed by atoms with Crippen LogP contribution < -0.4 is 0 Å². The molecular weight excluding hydrogens is 375 g/mol. The van der Waals surface area contributed by atoms with E-state index in [1.54, 1.807) is 18.2 Å². The molecule has 0 saturated carbocycles. The first kappa shape index (κ1) is 16.6. The van der Waals surface area contributed by atoms with Crippen molar-refractivity contribution >= 4 is 34.5 Å². The van der Waals surface area contributed by atoms with Gasteiger partial charge in [-0.3, -0.25) is 0 Å². The van der Waals surface area contributed by atoms with E-state index in [4.69, 9.17) is 9.47 Å². The summed E-state index contributed by atoms with van der Waals surface area (Å²) in [5.41, 5.74) is 0.649. The molecule has 0 spiro atoms. The average Bonchev–Trinajstić information content (AvgIpc) is 2.41. The van der Waals surface area contributed by atoms with Gasteiger partial charge in [-0.25, -0.2) is 9.59 Å². The van der Waals surface area contributed by atoms with Crippen LogP contribution in [0.25, 0.3) is 0 Å². The van der Waals surface area contributed by atoms with E-state index in [-0.39, 0.29) is 18.8 Å². The van der Waals surface area contributed by atoms with E-state index < -0.39 is 18.0 Å². The van der Waals surface area contributed by atoms with Gasteiger partial charge >= 0.3 is 11.9 Å². The fourth-order valence-corrected chi connectivity index (χ4v) is 1.76. The second-order valence-corrected chi connectivity index (χ2v) is 5.39. The largest absolute Gasteiger partial charge is 0.459 e. The zero-order chi connectivity index (χ0) is 15.1. The lowest BCUT2D eigenvalue weighted by Crippen LogP contribution is -2.25. The van der Waals surface area contributed by atoms with Gasteiger partial charge in [0, 0.05) is 9.14 Å². The lowest BCUT2D eigenvalue weighted by molar-refractivity contribution is -0.142. The van der Waals surface area contributed by atoms with E-state index in [0.717, 1.165) is 3.57 Å². The molecule has 0 aliphatic carbocycles. The maximum Gasteiger partial charge on any atom is 0.338 e. The summed E-state index contributed by atoms with van der Waals surface area (Å²) in [6, 6.07) is 6.89. The van der Waals surface area contributed by atoms with Gasteiger partial charge in [0.05, 0.1) is 5.56 Å². The summed E-state index contributed by atoms with van der Waals surface area (Å²) in [5.74, 6) is -1.12. The Morgan fingerprint density at radius 3 is 2.60 bits per heavy atom. The fraction of sp³-hybridized carbons (Fsp3) is 0.286. The van der Waals surface area contributed by atoms with E-state index in [0.29, 0.717) is 5.56 Å². The lowest BCUT2D eigenvalue weighted by Gasteiger charge is -2.12. The van der Waals surface area contributed by atoms with Crippen LogP contribution in [-0.2, 0) is 14.3 Å². The first-order valence-corrected chi connectivity index (χ1v) is 6.91. The quantitative estimate of drug-likeness (QED) is 0.457. The second kappa shape index (κ2) is 8.01. The Labute approximate surface area is 130 Å². The number of carbonyl (C=O) groups excluding carboxylic acids is 2. The first-order chi connectivity index (χ1) is 9.40. The smallest absolute Gasteiger partial charge is 0.338 e. The molecule has 1 unspecified atom stereocenters.